The maximum Gasteiger partial charge on any atom is 0.374 e. The summed E-state index contributed by atoms with van der Waals surface area (Å²) in [5, 5.41) is 103. The number of hydrogen-bond acceptors (Lipinski definition) is 18. The van der Waals surface area contributed by atoms with Gasteiger partial charge in [0.05, 0.1) is 35.3 Å². The highest BCUT2D eigenvalue weighted by Crippen LogP contribution is 2.17. The van der Waals surface area contributed by atoms with E-state index in [4.69, 9.17) is 10.2 Å². The maximum absolute atomic E-state index is 12.8. The van der Waals surface area contributed by atoms with Crippen LogP contribution in [0.2, 0.25) is 0 Å². The third kappa shape index (κ3) is 8.76. The van der Waals surface area contributed by atoms with Gasteiger partial charge in [-0.25, -0.2) is 9.59 Å². The molecule has 2 aromatic heterocycles. The lowest BCUT2D eigenvalue weighted by atomic mass is 10.1. The van der Waals surface area contributed by atoms with Gasteiger partial charge in [-0.05, 0) is 6.42 Å². The van der Waals surface area contributed by atoms with Crippen molar-refractivity contribution in [3.05, 3.63) is 61.9 Å². The third-order valence-electron chi connectivity index (χ3n) is 6.38. The normalized spacial score (nSPS) is 15.5. The predicted molar refractivity (Wildman–Crippen MR) is 148 cm³/mol. The fourth-order valence-electron chi connectivity index (χ4n) is 3.89. The van der Waals surface area contributed by atoms with Crippen molar-refractivity contribution in [2.75, 3.05) is 36.9 Å². The summed E-state index contributed by atoms with van der Waals surface area (Å²) < 4.78 is 0.669. The largest absolute Gasteiger partial charge is 0.394 e. The Balaban J connectivity index is 2.28. The zero-order valence-electron chi connectivity index (χ0n) is 23.0. The number of nitrogens with one attached hydrogen (secondary N) is 4. The van der Waals surface area contributed by atoms with Crippen LogP contribution in [-0.4, -0.2) is 133 Å². The van der Waals surface area contributed by atoms with E-state index < -0.39 is 138 Å². The van der Waals surface area contributed by atoms with Gasteiger partial charge in [0.2, 0.25) is 0 Å². The molecule has 0 aliphatic carbocycles. The smallest absolute Gasteiger partial charge is 0.374 e. The van der Waals surface area contributed by atoms with Gasteiger partial charge in [-0.1, -0.05) is 0 Å². The van der Waals surface area contributed by atoms with Gasteiger partial charge in [-0.15, -0.1) is 0 Å². The van der Waals surface area contributed by atoms with Crippen molar-refractivity contribution in [2.45, 2.75) is 56.1 Å². The Morgan fingerprint density at radius 3 is 1.27 bits per heavy atom. The lowest BCUT2D eigenvalue weighted by Gasteiger charge is -2.22. The highest BCUT2D eigenvalue weighted by Gasteiger charge is 2.30. The van der Waals surface area contributed by atoms with Crippen molar-refractivity contribution >= 4 is 23.0 Å². The predicted octanol–water partition coefficient (Wildman–Crippen LogP) is -6.73. The molecule has 0 unspecified atom stereocenters. The Morgan fingerprint density at radius 1 is 0.644 bits per heavy atom. The number of aliphatic hydroxyl groups excluding tert-OH is 8. The van der Waals surface area contributed by atoms with Crippen LogP contribution < -0.4 is 33.1 Å². The number of anilines is 2. The second kappa shape index (κ2) is 16.0. The fourth-order valence-corrected chi connectivity index (χ4v) is 3.89. The Bertz CT molecular complexity index is 1470. The molecule has 24 nitrogen and oxygen atoms in total. The molecule has 252 valence electrons. The van der Waals surface area contributed by atoms with Crippen LogP contribution in [0.5, 0.6) is 0 Å². The van der Waals surface area contributed by atoms with Crippen LogP contribution in [0, 0.1) is 20.2 Å². The molecule has 0 aromatic carbocycles. The first-order valence-corrected chi connectivity index (χ1v) is 12.9. The average Bonchev–Trinajstić information content (AvgIpc) is 2.98. The first kappa shape index (κ1) is 36.6. The molecule has 2 aromatic rings. The minimum absolute atomic E-state index is 0.334. The molecule has 12 N–H and O–H groups in total. The fraction of sp³-hybridized carbons (Fsp3) is 0.619. The summed E-state index contributed by atoms with van der Waals surface area (Å²) in [7, 11) is 0. The molecule has 0 amide bonds. The van der Waals surface area contributed by atoms with Crippen molar-refractivity contribution in [2.24, 2.45) is 0 Å². The number of hydrogen-bond donors (Lipinski definition) is 12. The summed E-state index contributed by atoms with van der Waals surface area (Å²) in [6, 6.07) is 0. The van der Waals surface area contributed by atoms with Crippen LogP contribution in [0.3, 0.4) is 0 Å². The molecule has 0 saturated heterocycles. The molecule has 6 atom stereocenters. The summed E-state index contributed by atoms with van der Waals surface area (Å²) in [6.45, 7) is -4.59. The molecular weight excluding hydrogens is 620 g/mol. The monoisotopic (exact) mass is 652 g/mol. The quantitative estimate of drug-likeness (QED) is 0.0525. The number of nitro groups is 2. The number of nitrogens with zero attached hydrogens (tertiary/aromatic N) is 4. The number of H-pyrrole nitrogens is 2. The second-order valence-corrected chi connectivity index (χ2v) is 9.47. The lowest BCUT2D eigenvalue weighted by molar-refractivity contribution is -0.386. The maximum atomic E-state index is 12.8. The van der Waals surface area contributed by atoms with Crippen molar-refractivity contribution in [3.63, 3.8) is 0 Å². The van der Waals surface area contributed by atoms with Crippen molar-refractivity contribution in [1.82, 2.24) is 19.1 Å². The van der Waals surface area contributed by atoms with Gasteiger partial charge in [-0.3, -0.25) is 48.9 Å². The second-order valence-electron chi connectivity index (χ2n) is 9.47. The topological polar surface area (TPSA) is 382 Å². The van der Waals surface area contributed by atoms with Crippen LogP contribution in [0.4, 0.5) is 23.0 Å². The molecule has 2 rings (SSSR count). The summed E-state index contributed by atoms with van der Waals surface area (Å²) >= 11 is 0. The third-order valence-corrected chi connectivity index (χ3v) is 6.38. The highest BCUT2D eigenvalue weighted by atomic mass is 16.6. The van der Waals surface area contributed by atoms with E-state index in [2.05, 4.69) is 10.6 Å². The van der Waals surface area contributed by atoms with Gasteiger partial charge in [0.25, 0.3) is 0 Å². The molecule has 0 aliphatic rings. The molecule has 0 spiro atoms. The van der Waals surface area contributed by atoms with E-state index in [0.29, 0.717) is 9.13 Å². The van der Waals surface area contributed by atoms with Gasteiger partial charge in [0.1, 0.15) is 24.4 Å². The van der Waals surface area contributed by atoms with Gasteiger partial charge in [0.15, 0.2) is 11.6 Å². The number of aromatic amines is 2. The molecule has 0 fully saturated rings. The van der Waals surface area contributed by atoms with Gasteiger partial charge < -0.3 is 51.5 Å². The molecule has 0 bridgehead atoms. The van der Waals surface area contributed by atoms with Gasteiger partial charge in [0, 0.05) is 26.2 Å². The SMILES string of the molecule is O=c1[nH]c(NC[C@H](O)[C@H](O)[C@H](O)CO)c([N+](=O)[O-])c(=O)n1CCCn1c(=O)[nH]c(NC[C@H](O)[C@H](O)[C@H](O)CO)c([N+](=O)[O-])c1=O. The number of rotatable bonds is 18. The molecule has 0 aliphatic heterocycles. The van der Waals surface area contributed by atoms with E-state index >= 15 is 0 Å². The van der Waals surface area contributed by atoms with Gasteiger partial charge in [-0.2, -0.15) is 0 Å². The van der Waals surface area contributed by atoms with E-state index in [-0.39, 0.29) is 0 Å². The molecule has 0 saturated carbocycles. The van der Waals surface area contributed by atoms with Crippen molar-refractivity contribution in [3.8, 4) is 0 Å². The summed E-state index contributed by atoms with van der Waals surface area (Å²) in [4.78, 5) is 75.4. The van der Waals surface area contributed by atoms with E-state index in [0.717, 1.165) is 0 Å². The number of aromatic nitrogens is 4. The summed E-state index contributed by atoms with van der Waals surface area (Å²) in [6.07, 6.45) is -11.4. The van der Waals surface area contributed by atoms with E-state index in [1.54, 1.807) is 0 Å². The highest BCUT2D eigenvalue weighted by molar-refractivity contribution is 5.54. The molecular formula is C21H32N8O16. The zero-order valence-corrected chi connectivity index (χ0v) is 23.0. The van der Waals surface area contributed by atoms with Crippen LogP contribution in [0.1, 0.15) is 6.42 Å². The van der Waals surface area contributed by atoms with E-state index in [9.17, 15) is 70.0 Å². The average molecular weight is 653 g/mol. The van der Waals surface area contributed by atoms with E-state index in [1.807, 2.05) is 9.97 Å². The Kier molecular flexibility index (Phi) is 13.0. The van der Waals surface area contributed by atoms with Crippen molar-refractivity contribution in [1.29, 1.82) is 0 Å². The standard InChI is InChI=1S/C21H32N8O16/c30-6-10(34)14(36)8(32)4-22-16-12(28(42)43)18(38)26(20(40)24-16)2-1-3-27-19(39)13(29(44)45)17(25-21(27)41)23-5-9(33)15(37)11(35)7-31/h8-11,14-15,22-23,30-37H,1-7H2,(H,24,40)(H,25,41)/t8-,9-,10+,11+,14-,15-/m0/s1. The first-order chi connectivity index (χ1) is 21.1. The Hall–Kier alpha value is -4.56. The van der Waals surface area contributed by atoms with Crippen LogP contribution in [0.15, 0.2) is 19.2 Å². The van der Waals surface area contributed by atoms with Gasteiger partial charge >= 0.3 is 33.9 Å². The van der Waals surface area contributed by atoms with Crippen LogP contribution in [0.25, 0.3) is 0 Å². The lowest BCUT2D eigenvalue weighted by Crippen LogP contribution is -2.44. The number of aliphatic hydroxyl groups is 8. The summed E-state index contributed by atoms with van der Waals surface area (Å²) in [5.74, 6) is -1.54. The minimum atomic E-state index is -1.90. The van der Waals surface area contributed by atoms with Crippen LogP contribution in [-0.2, 0) is 13.1 Å². The zero-order chi connectivity index (χ0) is 34.2. The van der Waals surface area contributed by atoms with Crippen molar-refractivity contribution < 1.29 is 50.7 Å². The first-order valence-electron chi connectivity index (χ1n) is 12.9. The molecule has 45 heavy (non-hydrogen) atoms. The van der Waals surface area contributed by atoms with Crippen LogP contribution >= 0.6 is 0 Å². The Labute approximate surface area is 248 Å². The molecule has 24 heteroatoms. The minimum Gasteiger partial charge on any atom is -0.394 e. The Morgan fingerprint density at radius 2 is 0.978 bits per heavy atom. The summed E-state index contributed by atoms with van der Waals surface area (Å²) in [5.41, 5.74) is -7.79. The molecule has 0 radical (unpaired) electrons. The molecule has 2 heterocycles. The van der Waals surface area contributed by atoms with E-state index in [1.165, 1.54) is 0 Å².